The third-order valence-corrected chi connectivity index (χ3v) is 4.64. The Hall–Kier alpha value is -1.12. The molecule has 2 saturated heterocycles. The quantitative estimate of drug-likeness (QED) is 0.830. The minimum absolute atomic E-state index is 0.173. The summed E-state index contributed by atoms with van der Waals surface area (Å²) in [6.07, 6.45) is 4.06. The van der Waals surface area contributed by atoms with E-state index in [0.717, 1.165) is 45.3 Å². The van der Waals surface area contributed by atoms with E-state index in [-0.39, 0.29) is 11.3 Å². The number of nitrogens with zero attached hydrogens (tertiary/aromatic N) is 3. The van der Waals surface area contributed by atoms with E-state index >= 15 is 0 Å². The van der Waals surface area contributed by atoms with E-state index in [0.29, 0.717) is 19.1 Å². The van der Waals surface area contributed by atoms with Gasteiger partial charge in [0.15, 0.2) is 0 Å². The van der Waals surface area contributed by atoms with E-state index < -0.39 is 0 Å². The number of carbonyl (C=O) groups excluding carboxylic acids is 1. The highest BCUT2D eigenvalue weighted by Gasteiger charge is 2.33. The summed E-state index contributed by atoms with van der Waals surface area (Å²) in [5, 5.41) is 12.6. The minimum Gasteiger partial charge on any atom is -0.340 e. The standard InChI is InChI=1S/C15H26N4O/c1-15(11-16)6-3-9-19(12-15)14(20)10-18(2)13-4-7-17-8-5-13/h13,17H,3-10,12H2,1-2H3. The summed E-state index contributed by atoms with van der Waals surface area (Å²) in [5.41, 5.74) is -0.360. The molecular weight excluding hydrogens is 252 g/mol. The zero-order valence-electron chi connectivity index (χ0n) is 12.7. The van der Waals surface area contributed by atoms with Gasteiger partial charge in [-0.05, 0) is 52.7 Å². The van der Waals surface area contributed by atoms with Crippen LogP contribution in [0.2, 0.25) is 0 Å². The highest BCUT2D eigenvalue weighted by Crippen LogP contribution is 2.28. The van der Waals surface area contributed by atoms with Gasteiger partial charge in [-0.1, -0.05) is 0 Å². The predicted octanol–water partition coefficient (Wildman–Crippen LogP) is 0.822. The first-order valence-electron chi connectivity index (χ1n) is 7.64. The largest absolute Gasteiger partial charge is 0.340 e. The van der Waals surface area contributed by atoms with Crippen LogP contribution in [0.5, 0.6) is 0 Å². The molecule has 2 heterocycles. The Balaban J connectivity index is 1.86. The van der Waals surface area contributed by atoms with Crippen molar-refractivity contribution in [1.82, 2.24) is 15.1 Å². The normalized spacial score (nSPS) is 28.4. The maximum atomic E-state index is 12.4. The zero-order valence-corrected chi connectivity index (χ0v) is 12.7. The molecule has 1 amide bonds. The van der Waals surface area contributed by atoms with Gasteiger partial charge >= 0.3 is 0 Å². The van der Waals surface area contributed by atoms with E-state index in [2.05, 4.69) is 16.3 Å². The average Bonchev–Trinajstić information content (AvgIpc) is 2.48. The fraction of sp³-hybridized carbons (Fsp3) is 0.867. The number of amides is 1. The Morgan fingerprint density at radius 1 is 1.50 bits per heavy atom. The molecule has 112 valence electrons. The lowest BCUT2D eigenvalue weighted by molar-refractivity contribution is -0.135. The molecule has 2 rings (SSSR count). The van der Waals surface area contributed by atoms with Gasteiger partial charge in [-0.2, -0.15) is 5.26 Å². The molecule has 0 aromatic carbocycles. The van der Waals surface area contributed by atoms with Crippen LogP contribution < -0.4 is 5.32 Å². The topological polar surface area (TPSA) is 59.4 Å². The van der Waals surface area contributed by atoms with Crippen LogP contribution in [0.15, 0.2) is 0 Å². The number of nitriles is 1. The number of hydrogen-bond donors (Lipinski definition) is 1. The van der Waals surface area contributed by atoms with Crippen LogP contribution in [0.25, 0.3) is 0 Å². The molecule has 0 aliphatic carbocycles. The van der Waals surface area contributed by atoms with Gasteiger partial charge in [-0.15, -0.1) is 0 Å². The van der Waals surface area contributed by atoms with Gasteiger partial charge in [0.05, 0.1) is 18.0 Å². The SMILES string of the molecule is CN(CC(=O)N1CCCC(C)(C#N)C1)C1CCNCC1. The molecule has 0 radical (unpaired) electrons. The van der Waals surface area contributed by atoms with Crippen molar-refractivity contribution in [2.24, 2.45) is 5.41 Å². The van der Waals surface area contributed by atoms with Crippen LogP contribution in [0, 0.1) is 16.7 Å². The predicted molar refractivity (Wildman–Crippen MR) is 78.1 cm³/mol. The number of rotatable bonds is 3. The molecule has 0 aromatic heterocycles. The maximum absolute atomic E-state index is 12.4. The number of likely N-dealkylation sites (tertiary alicyclic amines) is 1. The summed E-state index contributed by atoms with van der Waals surface area (Å²) >= 11 is 0. The number of likely N-dealkylation sites (N-methyl/N-ethyl adjacent to an activating group) is 1. The third-order valence-electron chi connectivity index (χ3n) is 4.64. The van der Waals surface area contributed by atoms with Gasteiger partial charge < -0.3 is 10.2 Å². The smallest absolute Gasteiger partial charge is 0.236 e. The Kier molecular flexibility index (Phi) is 5.00. The molecular formula is C15H26N4O. The van der Waals surface area contributed by atoms with Crippen molar-refractivity contribution in [3.63, 3.8) is 0 Å². The molecule has 2 fully saturated rings. The van der Waals surface area contributed by atoms with Crippen molar-refractivity contribution in [2.75, 3.05) is 39.8 Å². The Labute approximate surface area is 121 Å². The van der Waals surface area contributed by atoms with E-state index in [1.165, 1.54) is 0 Å². The summed E-state index contributed by atoms with van der Waals surface area (Å²) < 4.78 is 0. The first-order valence-corrected chi connectivity index (χ1v) is 7.64. The second-order valence-electron chi connectivity index (χ2n) is 6.49. The van der Waals surface area contributed by atoms with E-state index in [1.807, 2.05) is 18.9 Å². The fourth-order valence-electron chi connectivity index (χ4n) is 3.23. The van der Waals surface area contributed by atoms with Gasteiger partial charge in [-0.25, -0.2) is 0 Å². The van der Waals surface area contributed by atoms with E-state index in [4.69, 9.17) is 0 Å². The zero-order chi connectivity index (χ0) is 14.6. The van der Waals surface area contributed by atoms with Crippen LogP contribution in [0.1, 0.15) is 32.6 Å². The molecule has 0 aromatic rings. The number of hydrogen-bond acceptors (Lipinski definition) is 4. The molecule has 0 spiro atoms. The molecule has 1 atom stereocenters. The van der Waals surface area contributed by atoms with Crippen molar-refractivity contribution >= 4 is 5.91 Å². The highest BCUT2D eigenvalue weighted by atomic mass is 16.2. The van der Waals surface area contributed by atoms with Gasteiger partial charge in [0.25, 0.3) is 0 Å². The van der Waals surface area contributed by atoms with Crippen LogP contribution in [0.4, 0.5) is 0 Å². The summed E-state index contributed by atoms with van der Waals surface area (Å²) in [7, 11) is 2.04. The van der Waals surface area contributed by atoms with Gasteiger partial charge in [0, 0.05) is 19.1 Å². The molecule has 5 nitrogen and oxygen atoms in total. The van der Waals surface area contributed by atoms with Crippen molar-refractivity contribution < 1.29 is 4.79 Å². The van der Waals surface area contributed by atoms with Crippen molar-refractivity contribution in [2.45, 2.75) is 38.6 Å². The van der Waals surface area contributed by atoms with Crippen LogP contribution in [0.3, 0.4) is 0 Å². The van der Waals surface area contributed by atoms with Crippen LogP contribution in [-0.4, -0.2) is 61.5 Å². The number of carbonyl (C=O) groups is 1. The fourth-order valence-corrected chi connectivity index (χ4v) is 3.23. The monoisotopic (exact) mass is 278 g/mol. The Bertz CT molecular complexity index is 386. The third kappa shape index (κ3) is 3.71. The van der Waals surface area contributed by atoms with Crippen LogP contribution in [-0.2, 0) is 4.79 Å². The van der Waals surface area contributed by atoms with Crippen LogP contribution >= 0.6 is 0 Å². The molecule has 2 aliphatic rings. The van der Waals surface area contributed by atoms with Crippen molar-refractivity contribution in [1.29, 1.82) is 5.26 Å². The first-order chi connectivity index (χ1) is 9.54. The molecule has 2 aliphatic heterocycles. The Morgan fingerprint density at radius 3 is 2.85 bits per heavy atom. The molecule has 5 heteroatoms. The summed E-state index contributed by atoms with van der Waals surface area (Å²) in [6.45, 7) is 5.91. The summed E-state index contributed by atoms with van der Waals surface area (Å²) in [5.74, 6) is 0.173. The second-order valence-corrected chi connectivity index (χ2v) is 6.49. The summed E-state index contributed by atoms with van der Waals surface area (Å²) in [4.78, 5) is 16.5. The number of piperidine rings is 2. The Morgan fingerprint density at radius 2 is 2.20 bits per heavy atom. The van der Waals surface area contributed by atoms with Crippen molar-refractivity contribution in [3.05, 3.63) is 0 Å². The maximum Gasteiger partial charge on any atom is 0.236 e. The van der Waals surface area contributed by atoms with E-state index in [9.17, 15) is 10.1 Å². The molecule has 0 bridgehead atoms. The lowest BCUT2D eigenvalue weighted by atomic mass is 9.83. The lowest BCUT2D eigenvalue weighted by Crippen LogP contribution is -2.50. The van der Waals surface area contributed by atoms with Gasteiger partial charge in [0.2, 0.25) is 5.91 Å². The van der Waals surface area contributed by atoms with Crippen molar-refractivity contribution in [3.8, 4) is 6.07 Å². The molecule has 0 saturated carbocycles. The minimum atomic E-state index is -0.360. The highest BCUT2D eigenvalue weighted by molar-refractivity contribution is 5.78. The summed E-state index contributed by atoms with van der Waals surface area (Å²) in [6, 6.07) is 2.87. The first kappa shape index (κ1) is 15.3. The lowest BCUT2D eigenvalue weighted by Gasteiger charge is -2.38. The van der Waals surface area contributed by atoms with Gasteiger partial charge in [0.1, 0.15) is 0 Å². The second kappa shape index (κ2) is 6.55. The molecule has 20 heavy (non-hydrogen) atoms. The molecule has 1 unspecified atom stereocenters. The van der Waals surface area contributed by atoms with E-state index in [1.54, 1.807) is 0 Å². The van der Waals surface area contributed by atoms with Gasteiger partial charge in [-0.3, -0.25) is 9.69 Å². The number of nitrogens with one attached hydrogen (secondary N) is 1. The average molecular weight is 278 g/mol. The molecule has 1 N–H and O–H groups in total.